The van der Waals surface area contributed by atoms with Gasteiger partial charge in [-0.3, -0.25) is 19.1 Å². The molecule has 2 aromatic carbocycles. The van der Waals surface area contributed by atoms with Crippen LogP contribution in [-0.4, -0.2) is 89.3 Å². The van der Waals surface area contributed by atoms with E-state index in [4.69, 9.17) is 0 Å². The number of piperazine rings is 1. The van der Waals surface area contributed by atoms with E-state index in [-0.39, 0.29) is 34.8 Å². The zero-order valence-electron chi connectivity index (χ0n) is 29.3. The molecule has 4 aromatic rings. The van der Waals surface area contributed by atoms with Gasteiger partial charge in [-0.2, -0.15) is 0 Å². The van der Waals surface area contributed by atoms with E-state index in [1.165, 1.54) is 16.7 Å². The van der Waals surface area contributed by atoms with Gasteiger partial charge >= 0.3 is 0 Å². The van der Waals surface area contributed by atoms with E-state index in [1.807, 2.05) is 49.6 Å². The number of rotatable bonds is 8. The van der Waals surface area contributed by atoms with Crippen molar-refractivity contribution in [2.24, 2.45) is 0 Å². The number of aromatic hydroxyl groups is 1. The van der Waals surface area contributed by atoms with Crippen molar-refractivity contribution in [2.75, 3.05) is 56.6 Å². The number of fused-ring (bicyclic) bond motifs is 5. The van der Waals surface area contributed by atoms with E-state index in [0.29, 0.717) is 60.9 Å². The number of phenols is 1. The SMILES string of the molecule is C=CC(=O)N1CC(C)N2c3c(c(=O)n(-c4c(C)ccnc4C(C)C)c4c(F)c(-c5c(O)cccc5F)c(F)cc34)N(CCCN(C)C)CC2C1. The highest BCUT2D eigenvalue weighted by molar-refractivity contribution is 6.03. The lowest BCUT2D eigenvalue weighted by Crippen LogP contribution is -2.65. The molecule has 6 rings (SSSR count). The van der Waals surface area contributed by atoms with Crippen LogP contribution in [0.15, 0.2) is 54.0 Å². The molecule has 2 atom stereocenters. The quantitative estimate of drug-likeness (QED) is 0.229. The Morgan fingerprint density at radius 2 is 1.82 bits per heavy atom. The number of carbonyl (C=O) groups is 1. The first kappa shape index (κ1) is 35.0. The molecule has 2 aliphatic rings. The summed E-state index contributed by atoms with van der Waals surface area (Å²) in [5, 5.41) is 10.8. The second kappa shape index (κ2) is 13.5. The molecule has 12 heteroatoms. The van der Waals surface area contributed by atoms with Gasteiger partial charge in [0.15, 0.2) is 5.82 Å². The average molecular weight is 689 g/mol. The van der Waals surface area contributed by atoms with Crippen molar-refractivity contribution in [1.29, 1.82) is 0 Å². The topological polar surface area (TPSA) is 85.1 Å². The number of anilines is 2. The van der Waals surface area contributed by atoms with Crippen LogP contribution in [0.25, 0.3) is 27.7 Å². The van der Waals surface area contributed by atoms with Gasteiger partial charge in [-0.15, -0.1) is 0 Å². The lowest BCUT2D eigenvalue weighted by Gasteiger charge is -2.52. The molecule has 2 aliphatic heterocycles. The third-order valence-electron chi connectivity index (χ3n) is 9.78. The summed E-state index contributed by atoms with van der Waals surface area (Å²) in [5.74, 6) is -4.34. The number of benzene rings is 2. The molecule has 0 saturated carbocycles. The standard InChI is InChI=1S/C38H43F3N6O3/c1-8-29(49)45-18-23(5)46-24(20-45)19-44(16-10-15-43(6)7)37-36(46)25-17-27(40)31(30-26(39)11-9-12-28(30)48)32(41)35(25)47(38(37)50)34-22(4)13-14-42-33(34)21(2)3/h8-9,11-14,17,21,23-24,48H,1,10,15-16,18-20H2,2-7H3. The van der Waals surface area contributed by atoms with Crippen LogP contribution in [-0.2, 0) is 4.79 Å². The fourth-order valence-corrected chi connectivity index (χ4v) is 7.65. The normalized spacial score (nSPS) is 17.5. The second-order valence-electron chi connectivity index (χ2n) is 13.9. The third-order valence-corrected chi connectivity index (χ3v) is 9.78. The van der Waals surface area contributed by atoms with Gasteiger partial charge in [-0.25, -0.2) is 13.2 Å². The zero-order chi connectivity index (χ0) is 36.2. The summed E-state index contributed by atoms with van der Waals surface area (Å²) in [6.45, 7) is 13.4. The van der Waals surface area contributed by atoms with Crippen LogP contribution in [0, 0.1) is 24.4 Å². The lowest BCUT2D eigenvalue weighted by molar-refractivity contribution is -0.127. The Bertz CT molecular complexity index is 2040. The molecule has 9 nitrogen and oxygen atoms in total. The molecular weight excluding hydrogens is 645 g/mol. The number of phenolic OH excluding ortho intramolecular Hbond substituents is 1. The minimum Gasteiger partial charge on any atom is -0.507 e. The number of nitrogens with zero attached hydrogens (tertiary/aromatic N) is 6. The summed E-state index contributed by atoms with van der Waals surface area (Å²) < 4.78 is 50.6. The Kier molecular flexibility index (Phi) is 9.43. The minimum absolute atomic E-state index is 0.116. The first-order valence-electron chi connectivity index (χ1n) is 16.9. The van der Waals surface area contributed by atoms with Crippen molar-refractivity contribution < 1.29 is 23.1 Å². The molecule has 0 radical (unpaired) electrons. The molecule has 2 unspecified atom stereocenters. The van der Waals surface area contributed by atoms with Crippen molar-refractivity contribution in [3.8, 4) is 22.6 Å². The second-order valence-corrected chi connectivity index (χ2v) is 13.9. The number of carbonyl (C=O) groups excluding carboxylic acids is 1. The fraction of sp³-hybridized carbons (Fsp3) is 0.395. The van der Waals surface area contributed by atoms with Crippen LogP contribution in [0.2, 0.25) is 0 Å². The predicted molar refractivity (Wildman–Crippen MR) is 191 cm³/mol. The smallest absolute Gasteiger partial charge is 0.281 e. The molecule has 4 heterocycles. The molecule has 0 aliphatic carbocycles. The summed E-state index contributed by atoms with van der Waals surface area (Å²) in [6, 6.07) is 5.63. The molecular formula is C38H43F3N6O3. The van der Waals surface area contributed by atoms with E-state index in [1.54, 1.807) is 24.1 Å². The monoisotopic (exact) mass is 688 g/mol. The average Bonchev–Trinajstić information content (AvgIpc) is 3.05. The van der Waals surface area contributed by atoms with Crippen molar-refractivity contribution in [3.05, 3.63) is 88.2 Å². The van der Waals surface area contributed by atoms with Crippen molar-refractivity contribution in [3.63, 3.8) is 0 Å². The molecule has 1 fully saturated rings. The van der Waals surface area contributed by atoms with Gasteiger partial charge in [0, 0.05) is 43.8 Å². The van der Waals surface area contributed by atoms with Crippen molar-refractivity contribution in [2.45, 2.75) is 52.1 Å². The van der Waals surface area contributed by atoms with Gasteiger partial charge < -0.3 is 24.7 Å². The summed E-state index contributed by atoms with van der Waals surface area (Å²) in [6.07, 6.45) is 3.59. The molecule has 0 spiro atoms. The summed E-state index contributed by atoms with van der Waals surface area (Å²) in [4.78, 5) is 40.4. The Labute approximate surface area is 289 Å². The van der Waals surface area contributed by atoms with E-state index >= 15 is 18.0 Å². The molecule has 0 bridgehead atoms. The Balaban J connectivity index is 1.77. The lowest BCUT2D eigenvalue weighted by atomic mass is 9.94. The summed E-state index contributed by atoms with van der Waals surface area (Å²) >= 11 is 0. The molecule has 1 N–H and O–H groups in total. The van der Waals surface area contributed by atoms with Crippen molar-refractivity contribution in [1.82, 2.24) is 19.4 Å². The first-order chi connectivity index (χ1) is 23.8. The number of amides is 1. The first-order valence-corrected chi connectivity index (χ1v) is 16.9. The molecule has 50 heavy (non-hydrogen) atoms. The highest BCUT2D eigenvalue weighted by atomic mass is 19.1. The van der Waals surface area contributed by atoms with Crippen LogP contribution in [0.5, 0.6) is 5.75 Å². The van der Waals surface area contributed by atoms with Crippen molar-refractivity contribution >= 4 is 28.2 Å². The van der Waals surface area contributed by atoms with Gasteiger partial charge in [-0.05, 0) is 82.7 Å². The van der Waals surface area contributed by atoms with E-state index in [9.17, 15) is 9.90 Å². The molecule has 1 saturated heterocycles. The Morgan fingerprint density at radius 3 is 2.48 bits per heavy atom. The zero-order valence-corrected chi connectivity index (χ0v) is 29.3. The maximum absolute atomic E-state index is 17.5. The van der Waals surface area contributed by atoms with Gasteiger partial charge in [-0.1, -0.05) is 26.5 Å². The minimum atomic E-state index is -1.19. The highest BCUT2D eigenvalue weighted by Gasteiger charge is 2.43. The van der Waals surface area contributed by atoms with E-state index < -0.39 is 39.9 Å². The van der Waals surface area contributed by atoms with Crippen LogP contribution >= 0.6 is 0 Å². The van der Waals surface area contributed by atoms with Crippen LogP contribution in [0.3, 0.4) is 0 Å². The molecule has 264 valence electrons. The van der Waals surface area contributed by atoms with Gasteiger partial charge in [0.05, 0.1) is 39.8 Å². The molecule has 2 aromatic heterocycles. The molecule has 1 amide bonds. The number of pyridine rings is 2. The third kappa shape index (κ3) is 5.78. The van der Waals surface area contributed by atoms with E-state index in [2.05, 4.69) is 11.6 Å². The van der Waals surface area contributed by atoms with Crippen LogP contribution < -0.4 is 15.4 Å². The largest absolute Gasteiger partial charge is 0.507 e. The number of hydrogen-bond donors (Lipinski definition) is 1. The highest BCUT2D eigenvalue weighted by Crippen LogP contribution is 2.46. The number of hydrogen-bond acceptors (Lipinski definition) is 7. The maximum Gasteiger partial charge on any atom is 0.281 e. The van der Waals surface area contributed by atoms with Gasteiger partial charge in [0.1, 0.15) is 23.1 Å². The Morgan fingerprint density at radius 1 is 1.08 bits per heavy atom. The maximum atomic E-state index is 17.5. The van der Waals surface area contributed by atoms with E-state index in [0.717, 1.165) is 24.7 Å². The number of aryl methyl sites for hydroxylation is 1. The number of aromatic nitrogens is 2. The van der Waals surface area contributed by atoms with Gasteiger partial charge in [0.25, 0.3) is 5.56 Å². The predicted octanol–water partition coefficient (Wildman–Crippen LogP) is 5.97. The Hall–Kier alpha value is -4.84. The van der Waals surface area contributed by atoms with Crippen LogP contribution in [0.1, 0.15) is 44.4 Å². The fourth-order valence-electron chi connectivity index (χ4n) is 7.65. The summed E-state index contributed by atoms with van der Waals surface area (Å²) in [7, 11) is 3.92. The van der Waals surface area contributed by atoms with Crippen LogP contribution in [0.4, 0.5) is 24.5 Å². The number of halogens is 3. The summed E-state index contributed by atoms with van der Waals surface area (Å²) in [5.41, 5.74) is -0.0132. The van der Waals surface area contributed by atoms with Gasteiger partial charge in [0.2, 0.25) is 5.91 Å².